The number of rotatable bonds is 69. The van der Waals surface area contributed by atoms with Gasteiger partial charge in [0.1, 0.15) is 102 Å². The van der Waals surface area contributed by atoms with Crippen molar-refractivity contribution < 1.29 is 117 Å². The number of aliphatic hydroxyl groups is 3. The van der Waals surface area contributed by atoms with Gasteiger partial charge in [0.25, 0.3) is 0 Å². The van der Waals surface area contributed by atoms with Crippen molar-refractivity contribution in [3.8, 4) is 11.5 Å². The van der Waals surface area contributed by atoms with Crippen molar-refractivity contribution in [3.05, 3.63) is 77.9 Å². The first-order valence-electron chi connectivity index (χ1n) is 46.8. The van der Waals surface area contributed by atoms with Gasteiger partial charge in [-0.05, 0) is 164 Å². The lowest BCUT2D eigenvalue weighted by Gasteiger charge is -2.28. The molecule has 0 aliphatic rings. The number of carbonyl (C=O) groups excluding carboxylic acids is 17. The Kier molecular flexibility index (Phi) is 55.9. The molecule has 17 atom stereocenters. The summed E-state index contributed by atoms with van der Waals surface area (Å²) in [7, 11) is 0. The normalized spacial score (nSPS) is 14.6. The van der Waals surface area contributed by atoms with Gasteiger partial charge >= 0.3 is 5.97 Å². The summed E-state index contributed by atoms with van der Waals surface area (Å²) in [6.07, 6.45) is 1.47. The Hall–Kier alpha value is -14.7. The number of phenols is 2. The van der Waals surface area contributed by atoms with Crippen LogP contribution >= 0.6 is 0 Å². The monoisotopic (exact) mass is 2020 g/mol. The first-order chi connectivity index (χ1) is 67.7. The lowest BCUT2D eigenvalue weighted by Crippen LogP contribution is -2.61. The molecule has 0 spiro atoms. The van der Waals surface area contributed by atoms with Crippen LogP contribution in [-0.2, 0) is 106 Å². The number of phenolic OH excluding ortho intramolecular Hbond substituents is 2. The van der Waals surface area contributed by atoms with Crippen molar-refractivity contribution in [2.45, 2.75) is 260 Å². The van der Waals surface area contributed by atoms with E-state index in [9.17, 15) is 117 Å². The van der Waals surface area contributed by atoms with Crippen molar-refractivity contribution in [1.82, 2.24) is 111 Å². The molecule has 43 N–H and O–H groups in total. The number of aliphatic carboxylic acids is 1. The Balaban J connectivity index is 1.90. The van der Waals surface area contributed by atoms with Crippen molar-refractivity contribution in [2.24, 2.45) is 52.0 Å². The van der Waals surface area contributed by atoms with Gasteiger partial charge in [-0.1, -0.05) is 58.4 Å². The van der Waals surface area contributed by atoms with E-state index in [0.717, 1.165) is 0 Å². The van der Waals surface area contributed by atoms with Gasteiger partial charge in [-0.15, -0.1) is 0 Å². The number of benzene rings is 2. The average molecular weight is 2020 g/mol. The molecule has 1 aromatic heterocycles. The highest BCUT2D eigenvalue weighted by atomic mass is 16.4. The minimum atomic E-state index is -1.88. The Morgan fingerprint density at radius 1 is 0.378 bits per heavy atom. The molecule has 55 heteroatoms. The number of nitrogens with one attached hydrogen (secondary N) is 23. The zero-order chi connectivity index (χ0) is 107. The summed E-state index contributed by atoms with van der Waals surface area (Å²) in [6, 6.07) is -14.2. The zero-order valence-corrected chi connectivity index (χ0v) is 81.0. The van der Waals surface area contributed by atoms with Crippen molar-refractivity contribution in [3.63, 3.8) is 0 Å². The lowest BCUT2D eigenvalue weighted by molar-refractivity contribution is -0.143. The number of imidazole rings is 1. The molecule has 3 rings (SSSR count). The fourth-order valence-corrected chi connectivity index (χ4v) is 13.9. The van der Waals surface area contributed by atoms with E-state index in [-0.39, 0.29) is 139 Å². The maximum Gasteiger partial charge on any atom is 0.326 e. The molecule has 3 aromatic rings. The van der Waals surface area contributed by atoms with Crippen LogP contribution in [0.1, 0.15) is 161 Å². The molecule has 55 nitrogen and oxygen atoms in total. The lowest BCUT2D eigenvalue weighted by atomic mass is 9.96. The molecule has 2 aromatic carbocycles. The van der Waals surface area contributed by atoms with Crippen molar-refractivity contribution >= 4 is 124 Å². The van der Waals surface area contributed by atoms with E-state index < -0.39 is 272 Å². The van der Waals surface area contributed by atoms with E-state index in [4.69, 9.17) is 56.4 Å². The molecule has 796 valence electrons. The fraction of sp³-hybridized carbons (Fsp3) is 0.591. The molecule has 0 saturated carbocycles. The van der Waals surface area contributed by atoms with Crippen molar-refractivity contribution in [2.75, 3.05) is 59.1 Å². The van der Waals surface area contributed by atoms with Gasteiger partial charge < -0.3 is 177 Å². The highest BCUT2D eigenvalue weighted by Crippen LogP contribution is 2.19. The number of hydrogen-bond donors (Lipinski definition) is 36. The predicted molar refractivity (Wildman–Crippen MR) is 517 cm³/mol. The summed E-state index contributed by atoms with van der Waals surface area (Å²) in [4.78, 5) is 257. The molecule has 0 fully saturated rings. The van der Waals surface area contributed by atoms with Gasteiger partial charge in [0.15, 0.2) is 17.9 Å². The van der Waals surface area contributed by atoms with E-state index in [0.29, 0.717) is 30.5 Å². The number of aromatic amines is 1. The van der Waals surface area contributed by atoms with Crippen molar-refractivity contribution in [1.29, 1.82) is 16.2 Å². The summed E-state index contributed by atoms with van der Waals surface area (Å²) in [5.74, 6) is -21.3. The van der Waals surface area contributed by atoms with Gasteiger partial charge in [0.2, 0.25) is 100 Å². The smallest absolute Gasteiger partial charge is 0.326 e. The van der Waals surface area contributed by atoms with E-state index in [1.54, 1.807) is 27.7 Å². The van der Waals surface area contributed by atoms with Crippen LogP contribution in [-0.4, -0.2) is 321 Å². The van der Waals surface area contributed by atoms with Crippen LogP contribution in [0.2, 0.25) is 0 Å². The number of aliphatic hydroxyl groups excluding tert-OH is 3. The second-order valence-electron chi connectivity index (χ2n) is 34.5. The van der Waals surface area contributed by atoms with E-state index in [1.165, 1.54) is 74.9 Å². The summed E-state index contributed by atoms with van der Waals surface area (Å²) >= 11 is 0. The fourth-order valence-electron chi connectivity index (χ4n) is 13.9. The summed E-state index contributed by atoms with van der Waals surface area (Å²) in [6.45, 7) is 5.45. The molecule has 143 heavy (non-hydrogen) atoms. The Bertz CT molecular complexity index is 4690. The van der Waals surface area contributed by atoms with Crippen LogP contribution in [0.4, 0.5) is 0 Å². The van der Waals surface area contributed by atoms with Gasteiger partial charge in [-0.2, -0.15) is 0 Å². The molecular formula is C88H145N31O24. The maximum atomic E-state index is 14.9. The molecule has 1 heterocycles. The molecule has 0 aliphatic heterocycles. The molecule has 0 unspecified atom stereocenters. The number of primary amides is 1. The number of guanidine groups is 3. The van der Waals surface area contributed by atoms with Crippen LogP contribution in [0, 0.1) is 28.1 Å². The summed E-state index contributed by atoms with van der Waals surface area (Å²) in [5, 5.41) is 130. The second kappa shape index (κ2) is 65.3. The van der Waals surface area contributed by atoms with Crippen LogP contribution in [0.3, 0.4) is 0 Å². The van der Waals surface area contributed by atoms with Gasteiger partial charge in [0, 0.05) is 57.2 Å². The van der Waals surface area contributed by atoms with Crippen LogP contribution < -0.4 is 141 Å². The molecular weight excluding hydrogens is 1880 g/mol. The number of unbranched alkanes of at least 4 members (excludes halogenated alkanes) is 2. The van der Waals surface area contributed by atoms with Gasteiger partial charge in [-0.25, -0.2) is 9.78 Å². The second-order valence-corrected chi connectivity index (χ2v) is 34.5. The van der Waals surface area contributed by atoms with E-state index >= 15 is 0 Å². The number of aromatic nitrogens is 2. The number of hydrogen-bond acceptors (Lipinski definition) is 30. The average Bonchev–Trinajstić information content (AvgIpc) is 1.36. The third kappa shape index (κ3) is 47.4. The number of carboxylic acids is 1. The topological polar surface area (TPSA) is 940 Å². The predicted octanol–water partition coefficient (Wildman–Crippen LogP) is -10.9. The molecule has 0 bridgehead atoms. The first-order valence-corrected chi connectivity index (χ1v) is 46.8. The van der Waals surface area contributed by atoms with Crippen LogP contribution in [0.15, 0.2) is 61.1 Å². The quantitative estimate of drug-likeness (QED) is 0.0142. The highest BCUT2D eigenvalue weighted by Gasteiger charge is 2.40. The molecule has 17 amide bonds. The highest BCUT2D eigenvalue weighted by molar-refractivity contribution is 6.01. The largest absolute Gasteiger partial charge is 0.508 e. The third-order valence-corrected chi connectivity index (χ3v) is 22.2. The Labute approximate surface area is 825 Å². The molecule has 0 aliphatic carbocycles. The number of amides is 17. The maximum absolute atomic E-state index is 14.9. The number of carbonyl (C=O) groups is 18. The van der Waals surface area contributed by atoms with Crippen LogP contribution in [0.25, 0.3) is 0 Å². The first kappa shape index (κ1) is 122. The zero-order valence-electron chi connectivity index (χ0n) is 81.0. The van der Waals surface area contributed by atoms with Gasteiger partial charge in [-0.3, -0.25) is 97.7 Å². The minimum absolute atomic E-state index is 0.00662. The Morgan fingerprint density at radius 2 is 0.720 bits per heavy atom. The van der Waals surface area contributed by atoms with Gasteiger partial charge in [0.05, 0.1) is 38.7 Å². The number of H-pyrrole nitrogens is 1. The SMILES string of the molecule is CC[C@H](C)[C@H](NC(=O)[C@@H](N)CCCNC(=N)N)C(=O)N[C@@H](Cc1ccc(O)cc1)C(=O)N[C@@H](Cc1cnc[nH]1)C(=O)N[C@@H](C)C(=O)N[C@@H](C)C(=O)N[C@@H](CCCCN)C(=O)N[C@@H](CO)C(=O)N[C@@H](CC(C)C)C(=O)N[C@@H](Cc1ccc(O)cc1)C(=O)N[C@@H](CCC(N)=O)C(=O)N[C@@H](CCCCN)C(=O)N[C@@H](CCCNC(=N)N)C(=O)NCC(=O)N[C@@H](CO)C(=O)N[C@@H](CO)C(=O)N[C@@H](CCCNC(=N)N)C(=O)O. The number of carboxylic acid groups (broad SMARTS) is 1. The number of aromatic hydroxyl groups is 2. The summed E-state index contributed by atoms with van der Waals surface area (Å²) < 4.78 is 0. The van der Waals surface area contributed by atoms with Crippen LogP contribution in [0.5, 0.6) is 11.5 Å². The van der Waals surface area contributed by atoms with E-state index in [2.05, 4.69) is 111 Å². The van der Waals surface area contributed by atoms with E-state index in [1.807, 2.05) is 0 Å². The Morgan fingerprint density at radius 3 is 1.13 bits per heavy atom. The molecule has 0 radical (unpaired) electrons. The number of nitrogens with zero attached hydrogens (tertiary/aromatic N) is 1. The molecule has 0 saturated heterocycles. The summed E-state index contributed by atoms with van der Waals surface area (Å²) in [5.41, 5.74) is 40.5. The third-order valence-electron chi connectivity index (χ3n) is 22.2. The minimum Gasteiger partial charge on any atom is -0.508 e. The standard InChI is InChI=1S/C88H145N31O24/c1-7-46(4)69(119-72(129)54(91)15-12-32-100-86(93)94)84(141)116-62(37-50-22-26-53(124)27-23-50)80(137)115-63(38-51-39-99-44-104-51)77(134)106-47(5)70(127)105-48(6)71(128)108-56(16-8-10-30-89)75(132)117-66(43-122)83(140)113-60(35-45(2)3)78(135)114-61(36-49-20-24-52(123)25-21-49)79(136)111-58(28-29-67(92)125)76(133)110-57(17-9-11-31-90)74(131)109-55(18-13-33-101-87(95)96)73(130)103-40-68(126)107-64(41-120)81(138)118-65(42-121)82(139)112-59(85(142)143)19-14-34-102-88(97)98/h20-27,39,44-48,54-66,69,120-124H,7-19,28-38,40-43,89-91H2,1-6H3,(H2,92,125)(H,99,104)(H,103,130)(H,105,127)(H,106,134)(H,107,126)(H,108,128)(H,109,131)(H,110,133)(H,111,136)(H,112,139)(H,113,140)(H,114,135)(H,115,137)(H,116,141)(H,117,132)(H,118,138)(H,119,129)(H,142,143)(H4,93,94,100)(H4,95,96,101)(H4,97,98,102)/t46-,47-,48-,54-,55-,56-,57-,58-,59-,60-,61-,62-,63-,64-,65-,66-,69-/m0/s1. The number of nitrogens with two attached hydrogens (primary N) is 7.